The van der Waals surface area contributed by atoms with Gasteiger partial charge >= 0.3 is 0 Å². The summed E-state index contributed by atoms with van der Waals surface area (Å²) >= 11 is 5.82. The van der Waals surface area contributed by atoms with E-state index in [1.54, 1.807) is 4.90 Å². The highest BCUT2D eigenvalue weighted by Crippen LogP contribution is 2.19. The lowest BCUT2D eigenvalue weighted by atomic mass is 10.1. The van der Waals surface area contributed by atoms with Crippen molar-refractivity contribution in [1.82, 2.24) is 15.1 Å². The molecule has 0 radical (unpaired) electrons. The molecule has 2 aliphatic heterocycles. The Balaban J connectivity index is 1.66. The summed E-state index contributed by atoms with van der Waals surface area (Å²) in [5.74, 6) is -0.785. The van der Waals surface area contributed by atoms with Gasteiger partial charge < -0.3 is 19.9 Å². The smallest absolute Gasteiger partial charge is 0.254 e. The summed E-state index contributed by atoms with van der Waals surface area (Å²) < 4.78 is 19.1. The lowest BCUT2D eigenvalue weighted by Gasteiger charge is -2.30. The van der Waals surface area contributed by atoms with Crippen LogP contribution in [0.1, 0.15) is 29.6 Å². The monoisotopic (exact) mass is 397 g/mol. The number of benzene rings is 1. The Morgan fingerprint density at radius 1 is 1.33 bits per heavy atom. The van der Waals surface area contributed by atoms with Crippen LogP contribution in [0, 0.1) is 5.82 Å². The largest absolute Gasteiger partial charge is 0.376 e. The van der Waals surface area contributed by atoms with E-state index in [9.17, 15) is 14.0 Å². The van der Waals surface area contributed by atoms with Gasteiger partial charge in [-0.1, -0.05) is 11.6 Å². The fraction of sp³-hybridized carbons (Fsp3) is 0.579. The van der Waals surface area contributed by atoms with Gasteiger partial charge in [-0.15, -0.1) is 0 Å². The Bertz CT molecular complexity index is 676. The van der Waals surface area contributed by atoms with E-state index < -0.39 is 5.82 Å². The molecule has 3 rings (SSSR count). The Kier molecular flexibility index (Phi) is 7.04. The number of nitrogens with one attached hydrogen (secondary N) is 1. The molecule has 0 aliphatic carbocycles. The molecule has 8 heteroatoms. The van der Waals surface area contributed by atoms with E-state index in [-0.39, 0.29) is 29.4 Å². The third kappa shape index (κ3) is 5.40. The number of piperazine rings is 1. The van der Waals surface area contributed by atoms with Crippen LogP contribution in [0.15, 0.2) is 18.2 Å². The van der Waals surface area contributed by atoms with Crippen LogP contribution in [0.5, 0.6) is 0 Å². The van der Waals surface area contributed by atoms with Gasteiger partial charge in [-0.2, -0.15) is 0 Å². The molecule has 1 aromatic rings. The van der Waals surface area contributed by atoms with Crippen LogP contribution < -0.4 is 5.32 Å². The van der Waals surface area contributed by atoms with Gasteiger partial charge in [0, 0.05) is 57.9 Å². The molecule has 0 unspecified atom stereocenters. The van der Waals surface area contributed by atoms with Gasteiger partial charge in [0.2, 0.25) is 5.91 Å². The number of halogens is 2. The standard InChI is InChI=1S/C19H25ClFN3O3/c20-16-12-14(3-4-17(16)21)19(26)24(13-15-2-1-11-27-15)8-5-18(25)23-9-6-22-7-10-23/h3-4,12,15,22H,1-2,5-11,13H2/t15-/m1/s1. The first kappa shape index (κ1) is 20.0. The first-order valence-electron chi connectivity index (χ1n) is 9.39. The van der Waals surface area contributed by atoms with Crippen LogP contribution in [0.2, 0.25) is 5.02 Å². The molecule has 0 aromatic heterocycles. The van der Waals surface area contributed by atoms with E-state index in [0.717, 1.165) is 25.9 Å². The number of ether oxygens (including phenoxy) is 1. The molecule has 2 amide bonds. The van der Waals surface area contributed by atoms with Crippen LogP contribution in [0.25, 0.3) is 0 Å². The summed E-state index contributed by atoms with van der Waals surface area (Å²) in [7, 11) is 0. The lowest BCUT2D eigenvalue weighted by molar-refractivity contribution is -0.132. The van der Waals surface area contributed by atoms with Crippen molar-refractivity contribution in [3.8, 4) is 0 Å². The van der Waals surface area contributed by atoms with Crippen LogP contribution >= 0.6 is 11.6 Å². The number of carbonyl (C=O) groups excluding carboxylic acids is 2. The maximum atomic E-state index is 13.4. The summed E-state index contributed by atoms with van der Waals surface area (Å²) in [6.45, 7) is 4.36. The Labute approximate surface area is 163 Å². The molecular formula is C19H25ClFN3O3. The van der Waals surface area contributed by atoms with Gasteiger partial charge in [-0.3, -0.25) is 9.59 Å². The van der Waals surface area contributed by atoms with Crippen LogP contribution in [0.4, 0.5) is 4.39 Å². The molecule has 0 spiro atoms. The highest BCUT2D eigenvalue weighted by Gasteiger charge is 2.25. The first-order chi connectivity index (χ1) is 13.0. The van der Waals surface area contributed by atoms with Gasteiger partial charge in [0.1, 0.15) is 5.82 Å². The molecule has 2 heterocycles. The van der Waals surface area contributed by atoms with E-state index in [1.807, 2.05) is 4.90 Å². The highest BCUT2D eigenvalue weighted by molar-refractivity contribution is 6.31. The molecule has 148 valence electrons. The molecule has 2 aliphatic rings. The zero-order valence-corrected chi connectivity index (χ0v) is 16.0. The highest BCUT2D eigenvalue weighted by atomic mass is 35.5. The van der Waals surface area contributed by atoms with Crippen molar-refractivity contribution in [1.29, 1.82) is 0 Å². The van der Waals surface area contributed by atoms with Gasteiger partial charge in [0.15, 0.2) is 0 Å². The third-order valence-corrected chi connectivity index (χ3v) is 5.26. The van der Waals surface area contributed by atoms with Crippen LogP contribution in [-0.2, 0) is 9.53 Å². The third-order valence-electron chi connectivity index (χ3n) is 4.97. The minimum absolute atomic E-state index is 0.0286. The number of hydrogen-bond acceptors (Lipinski definition) is 4. The number of rotatable bonds is 6. The molecular weight excluding hydrogens is 373 g/mol. The van der Waals surface area contributed by atoms with Crippen molar-refractivity contribution in [2.45, 2.75) is 25.4 Å². The summed E-state index contributed by atoms with van der Waals surface area (Å²) in [6, 6.07) is 3.94. The molecule has 0 bridgehead atoms. The Morgan fingerprint density at radius 3 is 2.78 bits per heavy atom. The van der Waals surface area contributed by atoms with E-state index in [0.29, 0.717) is 38.3 Å². The van der Waals surface area contributed by atoms with Gasteiger partial charge in [-0.05, 0) is 31.0 Å². The minimum Gasteiger partial charge on any atom is -0.376 e. The lowest BCUT2D eigenvalue weighted by Crippen LogP contribution is -2.47. The minimum atomic E-state index is -0.562. The number of amides is 2. The quantitative estimate of drug-likeness (QED) is 0.796. The summed E-state index contributed by atoms with van der Waals surface area (Å²) in [5, 5.41) is 3.13. The van der Waals surface area contributed by atoms with Gasteiger partial charge in [-0.25, -0.2) is 4.39 Å². The fourth-order valence-corrected chi connectivity index (χ4v) is 3.61. The normalized spacial score (nSPS) is 19.9. The van der Waals surface area contributed by atoms with Crippen LogP contribution in [0.3, 0.4) is 0 Å². The molecule has 1 N–H and O–H groups in total. The second-order valence-corrected chi connectivity index (χ2v) is 7.30. The zero-order valence-electron chi connectivity index (χ0n) is 15.3. The number of carbonyl (C=O) groups is 2. The van der Waals surface area contributed by atoms with Crippen LogP contribution in [-0.4, -0.2) is 73.6 Å². The average Bonchev–Trinajstić information content (AvgIpc) is 3.20. The number of nitrogens with zero attached hydrogens (tertiary/aromatic N) is 2. The van der Waals surface area contributed by atoms with Crippen molar-refractivity contribution in [2.24, 2.45) is 0 Å². The molecule has 6 nitrogen and oxygen atoms in total. The Morgan fingerprint density at radius 2 is 2.11 bits per heavy atom. The van der Waals surface area contributed by atoms with Gasteiger partial charge in [0.25, 0.3) is 5.91 Å². The maximum Gasteiger partial charge on any atom is 0.254 e. The molecule has 2 saturated heterocycles. The Hall–Kier alpha value is -1.70. The first-order valence-corrected chi connectivity index (χ1v) is 9.77. The van der Waals surface area contributed by atoms with Crippen molar-refractivity contribution in [3.05, 3.63) is 34.6 Å². The molecule has 27 heavy (non-hydrogen) atoms. The van der Waals surface area contributed by atoms with Crippen molar-refractivity contribution >= 4 is 23.4 Å². The maximum absolute atomic E-state index is 13.4. The topological polar surface area (TPSA) is 61.9 Å². The number of hydrogen-bond donors (Lipinski definition) is 1. The second kappa shape index (κ2) is 9.48. The van der Waals surface area contributed by atoms with Gasteiger partial charge in [0.05, 0.1) is 11.1 Å². The van der Waals surface area contributed by atoms with Crippen molar-refractivity contribution < 1.29 is 18.7 Å². The van der Waals surface area contributed by atoms with E-state index >= 15 is 0 Å². The predicted octanol–water partition coefficient (Wildman–Crippen LogP) is 1.92. The van der Waals surface area contributed by atoms with E-state index in [4.69, 9.17) is 16.3 Å². The molecule has 0 saturated carbocycles. The predicted molar refractivity (Wildman–Crippen MR) is 100 cm³/mol. The van der Waals surface area contributed by atoms with Crippen molar-refractivity contribution in [3.63, 3.8) is 0 Å². The molecule has 1 aromatic carbocycles. The van der Waals surface area contributed by atoms with E-state index in [2.05, 4.69) is 5.32 Å². The van der Waals surface area contributed by atoms with E-state index in [1.165, 1.54) is 18.2 Å². The average molecular weight is 398 g/mol. The van der Waals surface area contributed by atoms with Crippen molar-refractivity contribution in [2.75, 3.05) is 45.9 Å². The summed E-state index contributed by atoms with van der Waals surface area (Å²) in [5.41, 5.74) is 0.314. The summed E-state index contributed by atoms with van der Waals surface area (Å²) in [4.78, 5) is 28.8. The zero-order chi connectivity index (χ0) is 19.2. The summed E-state index contributed by atoms with van der Waals surface area (Å²) in [6.07, 6.45) is 2.08. The SMILES string of the molecule is O=C(CCN(C[C@H]1CCCO1)C(=O)c1ccc(F)c(Cl)c1)N1CCNCC1. The molecule has 2 fully saturated rings. The second-order valence-electron chi connectivity index (χ2n) is 6.90. The molecule has 1 atom stereocenters. The fourth-order valence-electron chi connectivity index (χ4n) is 3.42.